The van der Waals surface area contributed by atoms with E-state index < -0.39 is 10.9 Å². The highest BCUT2D eigenvalue weighted by Gasteiger charge is 2.23. The van der Waals surface area contributed by atoms with E-state index in [9.17, 15) is 14.9 Å². The molecule has 0 heterocycles. The van der Waals surface area contributed by atoms with Crippen LogP contribution in [0.25, 0.3) is 0 Å². The van der Waals surface area contributed by atoms with E-state index in [-0.39, 0.29) is 24.5 Å². The van der Waals surface area contributed by atoms with Crippen molar-refractivity contribution in [2.75, 3.05) is 20.3 Å². The molecule has 0 saturated carbocycles. The van der Waals surface area contributed by atoms with Gasteiger partial charge in [-0.25, -0.2) is 4.79 Å². The summed E-state index contributed by atoms with van der Waals surface area (Å²) in [6, 6.07) is 11.5. The molecule has 0 radical (unpaired) electrons. The first-order valence-electron chi connectivity index (χ1n) is 7.21. The van der Waals surface area contributed by atoms with Crippen LogP contribution >= 0.6 is 0 Å². The lowest BCUT2D eigenvalue weighted by atomic mass is 10.1. The van der Waals surface area contributed by atoms with Crippen molar-refractivity contribution in [2.45, 2.75) is 6.92 Å². The zero-order chi connectivity index (χ0) is 17.5. The molecule has 7 heteroatoms. The molecule has 0 saturated heterocycles. The summed E-state index contributed by atoms with van der Waals surface area (Å²) in [5.74, 6) is 0.567. The van der Waals surface area contributed by atoms with E-state index in [2.05, 4.69) is 0 Å². The number of methoxy groups -OCH3 is 1. The van der Waals surface area contributed by atoms with Crippen LogP contribution in [0.1, 0.15) is 15.9 Å². The molecule has 0 unspecified atom stereocenters. The molecule has 0 aromatic heterocycles. The van der Waals surface area contributed by atoms with Crippen molar-refractivity contribution in [3.8, 4) is 11.5 Å². The third-order valence-corrected chi connectivity index (χ3v) is 3.28. The number of nitrogens with zero attached hydrogens (tertiary/aromatic N) is 1. The Morgan fingerprint density at radius 3 is 2.38 bits per heavy atom. The first-order chi connectivity index (χ1) is 11.5. The van der Waals surface area contributed by atoms with E-state index in [1.807, 2.05) is 0 Å². The van der Waals surface area contributed by atoms with Crippen LogP contribution < -0.4 is 9.47 Å². The van der Waals surface area contributed by atoms with E-state index in [1.54, 1.807) is 50.4 Å². The summed E-state index contributed by atoms with van der Waals surface area (Å²) in [6.45, 7) is 1.69. The average Bonchev–Trinajstić information content (AvgIpc) is 2.58. The Morgan fingerprint density at radius 2 is 1.75 bits per heavy atom. The van der Waals surface area contributed by atoms with Gasteiger partial charge < -0.3 is 14.2 Å². The first kappa shape index (κ1) is 17.3. The van der Waals surface area contributed by atoms with Crippen molar-refractivity contribution in [1.82, 2.24) is 0 Å². The number of hydrogen-bond acceptors (Lipinski definition) is 6. The summed E-state index contributed by atoms with van der Waals surface area (Å²) < 4.78 is 15.5. The maximum absolute atomic E-state index is 12.0. The smallest absolute Gasteiger partial charge is 0.345 e. The number of hydrogen-bond donors (Lipinski definition) is 0. The van der Waals surface area contributed by atoms with Crippen LogP contribution in [0.15, 0.2) is 42.5 Å². The third kappa shape index (κ3) is 4.22. The fourth-order valence-corrected chi connectivity index (χ4v) is 2.11. The fourth-order valence-electron chi connectivity index (χ4n) is 2.11. The molecular formula is C17H17NO6. The molecule has 24 heavy (non-hydrogen) atoms. The zero-order valence-corrected chi connectivity index (χ0v) is 13.4. The highest BCUT2D eigenvalue weighted by Crippen LogP contribution is 2.23. The highest BCUT2D eigenvalue weighted by atomic mass is 16.6. The van der Waals surface area contributed by atoms with Crippen molar-refractivity contribution >= 4 is 11.7 Å². The van der Waals surface area contributed by atoms with Crippen LogP contribution in [0.5, 0.6) is 11.5 Å². The number of carbonyl (C=O) groups is 1. The second kappa shape index (κ2) is 7.96. The van der Waals surface area contributed by atoms with Gasteiger partial charge in [0.15, 0.2) is 0 Å². The Labute approximate surface area is 138 Å². The summed E-state index contributed by atoms with van der Waals surface area (Å²) in [4.78, 5) is 22.5. The van der Waals surface area contributed by atoms with Gasteiger partial charge in [0.1, 0.15) is 30.3 Å². The number of nitro groups is 1. The quantitative estimate of drug-likeness (QED) is 0.335. The van der Waals surface area contributed by atoms with Gasteiger partial charge in [0.25, 0.3) is 5.69 Å². The topological polar surface area (TPSA) is 87.9 Å². The van der Waals surface area contributed by atoms with E-state index in [0.717, 1.165) is 0 Å². The van der Waals surface area contributed by atoms with E-state index >= 15 is 0 Å². The number of benzene rings is 2. The Bertz CT molecular complexity index is 726. The number of nitro benzene ring substituents is 1. The van der Waals surface area contributed by atoms with Gasteiger partial charge in [-0.15, -0.1) is 0 Å². The van der Waals surface area contributed by atoms with Crippen LogP contribution in [0, 0.1) is 17.0 Å². The molecule has 0 fully saturated rings. The molecule has 0 bridgehead atoms. The second-order valence-electron chi connectivity index (χ2n) is 4.89. The first-order valence-corrected chi connectivity index (χ1v) is 7.21. The lowest BCUT2D eigenvalue weighted by molar-refractivity contribution is -0.385. The molecule has 2 aromatic carbocycles. The number of carbonyl (C=O) groups excluding carboxylic acids is 1. The molecule has 126 valence electrons. The van der Waals surface area contributed by atoms with Gasteiger partial charge in [-0.05, 0) is 37.3 Å². The number of ether oxygens (including phenoxy) is 3. The molecule has 7 nitrogen and oxygen atoms in total. The van der Waals surface area contributed by atoms with Crippen molar-refractivity contribution in [1.29, 1.82) is 0 Å². The lowest BCUT2D eigenvalue weighted by Gasteiger charge is -2.09. The van der Waals surface area contributed by atoms with Crippen LogP contribution in [-0.4, -0.2) is 31.2 Å². The Balaban J connectivity index is 1.89. The molecule has 0 spiro atoms. The average molecular weight is 331 g/mol. The molecule has 0 atom stereocenters. The highest BCUT2D eigenvalue weighted by molar-refractivity contribution is 5.94. The third-order valence-electron chi connectivity index (χ3n) is 3.28. The minimum atomic E-state index is -0.747. The fraction of sp³-hybridized carbons (Fsp3) is 0.235. The molecular weight excluding hydrogens is 314 g/mol. The van der Waals surface area contributed by atoms with Crippen molar-refractivity contribution < 1.29 is 23.9 Å². The van der Waals surface area contributed by atoms with Crippen molar-refractivity contribution in [3.63, 3.8) is 0 Å². The van der Waals surface area contributed by atoms with Gasteiger partial charge in [-0.2, -0.15) is 0 Å². The minimum absolute atomic E-state index is 0.0179. The Morgan fingerprint density at radius 1 is 1.08 bits per heavy atom. The van der Waals surface area contributed by atoms with Crippen molar-refractivity contribution in [2.24, 2.45) is 0 Å². The summed E-state index contributed by atoms with van der Waals surface area (Å²) >= 11 is 0. The predicted octanol–water partition coefficient (Wildman–Crippen LogP) is 3.15. The number of esters is 1. The number of rotatable bonds is 7. The van der Waals surface area contributed by atoms with Crippen LogP contribution in [0.3, 0.4) is 0 Å². The maximum atomic E-state index is 12.0. The lowest BCUT2D eigenvalue weighted by Crippen LogP contribution is -2.14. The molecule has 2 rings (SSSR count). The Hall–Kier alpha value is -3.09. The van der Waals surface area contributed by atoms with E-state index in [1.165, 1.54) is 6.07 Å². The zero-order valence-electron chi connectivity index (χ0n) is 13.4. The van der Waals surface area contributed by atoms with Gasteiger partial charge in [-0.3, -0.25) is 10.1 Å². The van der Waals surface area contributed by atoms with Crippen molar-refractivity contribution in [3.05, 3.63) is 63.7 Å². The number of para-hydroxylation sites is 1. The van der Waals surface area contributed by atoms with Crippen LogP contribution in [0.4, 0.5) is 5.69 Å². The standard InChI is InChI=1S/C17H17NO6/c1-12-4-3-5-15(16(12)18(20)21)17(19)24-11-10-23-14-8-6-13(22-2)7-9-14/h3-9H,10-11H2,1-2H3. The predicted molar refractivity (Wildman–Crippen MR) is 86.6 cm³/mol. The van der Waals surface area contributed by atoms with Crippen LogP contribution in [-0.2, 0) is 4.74 Å². The second-order valence-corrected chi connectivity index (χ2v) is 4.89. The SMILES string of the molecule is COc1ccc(OCCOC(=O)c2cccc(C)c2[N+](=O)[O-])cc1. The normalized spacial score (nSPS) is 10.1. The molecule has 0 amide bonds. The molecule has 0 N–H and O–H groups in total. The van der Waals surface area contributed by atoms with Gasteiger partial charge in [0.05, 0.1) is 12.0 Å². The van der Waals surface area contributed by atoms with Gasteiger partial charge >= 0.3 is 5.97 Å². The summed E-state index contributed by atoms with van der Waals surface area (Å²) in [7, 11) is 1.57. The Kier molecular flexibility index (Phi) is 5.73. The maximum Gasteiger partial charge on any atom is 0.345 e. The van der Waals surface area contributed by atoms with E-state index in [0.29, 0.717) is 17.1 Å². The summed E-state index contributed by atoms with van der Waals surface area (Å²) in [5.41, 5.74) is 0.104. The molecule has 0 aliphatic rings. The largest absolute Gasteiger partial charge is 0.497 e. The van der Waals surface area contributed by atoms with Gasteiger partial charge in [-0.1, -0.05) is 12.1 Å². The molecule has 2 aromatic rings. The summed E-state index contributed by atoms with van der Waals surface area (Å²) in [5, 5.41) is 11.1. The number of aryl methyl sites for hydroxylation is 1. The van der Waals surface area contributed by atoms with Gasteiger partial charge in [0, 0.05) is 5.56 Å². The van der Waals surface area contributed by atoms with E-state index in [4.69, 9.17) is 14.2 Å². The molecule has 0 aliphatic heterocycles. The van der Waals surface area contributed by atoms with Gasteiger partial charge in [0.2, 0.25) is 0 Å². The minimum Gasteiger partial charge on any atom is -0.497 e. The summed E-state index contributed by atoms with van der Waals surface area (Å²) in [6.07, 6.45) is 0. The van der Waals surface area contributed by atoms with Crippen LogP contribution in [0.2, 0.25) is 0 Å². The monoisotopic (exact) mass is 331 g/mol. The molecule has 0 aliphatic carbocycles.